The van der Waals surface area contributed by atoms with E-state index in [1.165, 1.54) is 23.5 Å². The molecule has 6 heteroatoms. The Balaban J connectivity index is 1.70. The maximum atomic E-state index is 13.0. The number of aromatic amines is 2. The van der Waals surface area contributed by atoms with E-state index in [0.29, 0.717) is 12.1 Å². The van der Waals surface area contributed by atoms with Gasteiger partial charge in [-0.25, -0.2) is 4.98 Å². The van der Waals surface area contributed by atoms with E-state index in [4.69, 9.17) is 0 Å². The highest BCUT2D eigenvalue weighted by Gasteiger charge is 2.35. The van der Waals surface area contributed by atoms with Crippen LogP contribution in [0.3, 0.4) is 0 Å². The largest absolute Gasteiger partial charge is 0.356 e. The van der Waals surface area contributed by atoms with Crippen LogP contribution in [0.2, 0.25) is 0 Å². The van der Waals surface area contributed by atoms with Gasteiger partial charge in [0.2, 0.25) is 5.91 Å². The van der Waals surface area contributed by atoms with Crippen LogP contribution in [-0.2, 0) is 17.6 Å². The molecule has 0 radical (unpaired) electrons. The minimum Gasteiger partial charge on any atom is -0.356 e. The quantitative estimate of drug-likeness (QED) is 0.762. The number of carbonyl (C=O) groups excluding carboxylic acids is 1. The number of nitrogens with one attached hydrogen (secondary N) is 2. The Hall–Kier alpha value is -2.89. The summed E-state index contributed by atoms with van der Waals surface area (Å²) in [4.78, 5) is 36.8. The lowest BCUT2D eigenvalue weighted by Gasteiger charge is -2.38. The second-order valence-corrected chi connectivity index (χ2v) is 7.17. The van der Waals surface area contributed by atoms with Crippen molar-refractivity contribution < 1.29 is 4.79 Å². The summed E-state index contributed by atoms with van der Waals surface area (Å²) in [5.74, 6) is 0.227. The Labute approximate surface area is 151 Å². The van der Waals surface area contributed by atoms with E-state index < -0.39 is 0 Å². The molecule has 1 aliphatic rings. The fourth-order valence-electron chi connectivity index (χ4n) is 4.01. The number of H-pyrrole nitrogens is 2. The van der Waals surface area contributed by atoms with Gasteiger partial charge < -0.3 is 14.9 Å². The predicted octanol–water partition coefficient (Wildman–Crippen LogP) is 2.58. The number of para-hydroxylation sites is 1. The molecule has 0 unspecified atom stereocenters. The molecule has 0 bridgehead atoms. The molecule has 3 aromatic rings. The summed E-state index contributed by atoms with van der Waals surface area (Å²) in [6.45, 7) is 4.92. The number of rotatable bonds is 3. The summed E-state index contributed by atoms with van der Waals surface area (Å²) in [6, 6.07) is 8.26. The van der Waals surface area contributed by atoms with Crippen LogP contribution < -0.4 is 5.56 Å². The van der Waals surface area contributed by atoms with E-state index in [1.54, 1.807) is 0 Å². The highest BCUT2D eigenvalue weighted by atomic mass is 16.2. The molecule has 0 aliphatic carbocycles. The van der Waals surface area contributed by atoms with E-state index in [-0.39, 0.29) is 29.8 Å². The summed E-state index contributed by atoms with van der Waals surface area (Å²) < 4.78 is 0. The molecule has 0 spiro atoms. The Bertz CT molecular complexity index is 1020. The van der Waals surface area contributed by atoms with E-state index in [9.17, 15) is 9.59 Å². The van der Waals surface area contributed by atoms with Gasteiger partial charge in [0.1, 0.15) is 0 Å². The third-order valence-electron chi connectivity index (χ3n) is 5.17. The van der Waals surface area contributed by atoms with Crippen LogP contribution in [0.4, 0.5) is 0 Å². The van der Waals surface area contributed by atoms with Gasteiger partial charge in [0.05, 0.1) is 18.8 Å². The van der Waals surface area contributed by atoms with Crippen LogP contribution in [-0.4, -0.2) is 32.3 Å². The van der Waals surface area contributed by atoms with Gasteiger partial charge in [0.15, 0.2) is 0 Å². The highest BCUT2D eigenvalue weighted by molar-refractivity contribution is 5.86. The monoisotopic (exact) mass is 350 g/mol. The van der Waals surface area contributed by atoms with Crippen LogP contribution in [0.15, 0.2) is 41.6 Å². The molecule has 0 fully saturated rings. The molecule has 1 aliphatic heterocycles. The minimum absolute atomic E-state index is 0.0191. The first-order chi connectivity index (χ1) is 12.6. The highest BCUT2D eigenvalue weighted by Crippen LogP contribution is 2.38. The molecule has 0 saturated heterocycles. The zero-order valence-corrected chi connectivity index (χ0v) is 15.0. The number of nitrogens with zero attached hydrogens (tertiary/aromatic N) is 2. The molecule has 1 amide bonds. The minimum atomic E-state index is -0.252. The predicted molar refractivity (Wildman–Crippen MR) is 99.9 cm³/mol. The number of hydrogen-bond donors (Lipinski definition) is 2. The number of carbonyl (C=O) groups is 1. The third kappa shape index (κ3) is 2.71. The first-order valence-corrected chi connectivity index (χ1v) is 8.96. The molecule has 3 heterocycles. The second kappa shape index (κ2) is 6.44. The maximum absolute atomic E-state index is 13.0. The first-order valence-electron chi connectivity index (χ1n) is 8.96. The lowest BCUT2D eigenvalue weighted by Crippen LogP contribution is -2.43. The van der Waals surface area contributed by atoms with Crippen LogP contribution in [0, 0.1) is 5.92 Å². The van der Waals surface area contributed by atoms with E-state index >= 15 is 0 Å². The van der Waals surface area contributed by atoms with Crippen LogP contribution in [0.5, 0.6) is 0 Å². The smallest absolute Gasteiger partial charge is 0.254 e. The molecule has 1 atom stereocenters. The summed E-state index contributed by atoms with van der Waals surface area (Å²) in [5, 5.41) is 1.24. The van der Waals surface area contributed by atoms with E-state index in [0.717, 1.165) is 17.6 Å². The molecule has 2 aromatic heterocycles. The molecule has 1 aromatic carbocycles. The average Bonchev–Trinajstić information content (AvgIpc) is 3.01. The normalized spacial score (nSPS) is 16.9. The molecule has 4 rings (SSSR count). The van der Waals surface area contributed by atoms with Gasteiger partial charge in [-0.1, -0.05) is 32.0 Å². The fourth-order valence-corrected chi connectivity index (χ4v) is 4.01. The summed E-state index contributed by atoms with van der Waals surface area (Å²) in [7, 11) is 0. The Morgan fingerprint density at radius 1 is 1.35 bits per heavy atom. The van der Waals surface area contributed by atoms with Gasteiger partial charge in [0, 0.05) is 34.9 Å². The van der Waals surface area contributed by atoms with Crippen molar-refractivity contribution in [3.63, 3.8) is 0 Å². The van der Waals surface area contributed by atoms with Crippen molar-refractivity contribution >= 4 is 16.8 Å². The molecular formula is C20H22N4O2. The first kappa shape index (κ1) is 16.6. The van der Waals surface area contributed by atoms with Gasteiger partial charge in [-0.2, -0.15) is 0 Å². The van der Waals surface area contributed by atoms with Gasteiger partial charge in [-0.15, -0.1) is 0 Å². The zero-order chi connectivity index (χ0) is 18.3. The number of benzene rings is 1. The van der Waals surface area contributed by atoms with Crippen molar-refractivity contribution in [1.29, 1.82) is 0 Å². The van der Waals surface area contributed by atoms with Crippen molar-refractivity contribution in [2.24, 2.45) is 5.92 Å². The van der Waals surface area contributed by atoms with Gasteiger partial charge in [-0.3, -0.25) is 9.59 Å². The maximum Gasteiger partial charge on any atom is 0.254 e. The summed E-state index contributed by atoms with van der Waals surface area (Å²) in [6.07, 6.45) is 3.70. The molecular weight excluding hydrogens is 328 g/mol. The summed E-state index contributed by atoms with van der Waals surface area (Å²) in [5.41, 5.74) is 3.70. The Morgan fingerprint density at radius 2 is 2.15 bits per heavy atom. The van der Waals surface area contributed by atoms with Crippen molar-refractivity contribution in [1.82, 2.24) is 19.9 Å². The molecule has 26 heavy (non-hydrogen) atoms. The average molecular weight is 350 g/mol. The number of fused-ring (bicyclic) bond motifs is 3. The lowest BCUT2D eigenvalue weighted by atomic mass is 9.90. The Morgan fingerprint density at radius 3 is 2.92 bits per heavy atom. The van der Waals surface area contributed by atoms with Crippen LogP contribution in [0.25, 0.3) is 10.9 Å². The standard InChI is InChI=1S/C20H22N4O2/c1-12(2)19-18-15(14-5-3-4-6-16(14)23-18)7-8-24(19)17(25)9-13-10-21-11-22-20(13)26/h3-6,10-12,19,23H,7-9H2,1-2H3,(H,21,22,26)/t19-/m0/s1. The third-order valence-corrected chi connectivity index (χ3v) is 5.17. The van der Waals surface area contributed by atoms with Crippen molar-refractivity contribution in [2.75, 3.05) is 6.54 Å². The van der Waals surface area contributed by atoms with Crippen molar-refractivity contribution in [3.8, 4) is 0 Å². The van der Waals surface area contributed by atoms with E-state index in [2.05, 4.69) is 40.9 Å². The lowest BCUT2D eigenvalue weighted by molar-refractivity contribution is -0.134. The van der Waals surface area contributed by atoms with Gasteiger partial charge >= 0.3 is 0 Å². The van der Waals surface area contributed by atoms with E-state index in [1.807, 2.05) is 17.0 Å². The number of hydrogen-bond acceptors (Lipinski definition) is 3. The van der Waals surface area contributed by atoms with Crippen molar-refractivity contribution in [3.05, 3.63) is 64.0 Å². The topological polar surface area (TPSA) is 81.8 Å². The molecule has 6 nitrogen and oxygen atoms in total. The fraction of sp³-hybridized carbons (Fsp3) is 0.350. The molecule has 134 valence electrons. The molecule has 2 N–H and O–H groups in total. The van der Waals surface area contributed by atoms with Crippen LogP contribution in [0.1, 0.15) is 36.7 Å². The molecule has 0 saturated carbocycles. The SMILES string of the molecule is CC(C)[C@H]1c2[nH]c3ccccc3c2CCN1C(=O)Cc1cnc[nH]c1=O. The zero-order valence-electron chi connectivity index (χ0n) is 15.0. The number of aromatic nitrogens is 3. The Kier molecular flexibility index (Phi) is 4.11. The van der Waals surface area contributed by atoms with Gasteiger partial charge in [0.25, 0.3) is 5.56 Å². The second-order valence-electron chi connectivity index (χ2n) is 7.17. The van der Waals surface area contributed by atoms with Crippen LogP contribution >= 0.6 is 0 Å². The number of amides is 1. The van der Waals surface area contributed by atoms with Crippen molar-refractivity contribution in [2.45, 2.75) is 32.7 Å². The van der Waals surface area contributed by atoms with Gasteiger partial charge in [-0.05, 0) is 24.0 Å². The summed E-state index contributed by atoms with van der Waals surface area (Å²) >= 11 is 0.